The summed E-state index contributed by atoms with van der Waals surface area (Å²) >= 11 is 0. The Bertz CT molecular complexity index is 688. The molecule has 0 bridgehead atoms. The van der Waals surface area contributed by atoms with Crippen molar-refractivity contribution in [2.75, 3.05) is 36.9 Å². The molecule has 2 N–H and O–H groups in total. The molecule has 0 aliphatic heterocycles. The summed E-state index contributed by atoms with van der Waals surface area (Å²) in [6, 6.07) is 16.5. The van der Waals surface area contributed by atoms with Gasteiger partial charge in [-0.25, -0.2) is 0 Å². The number of ether oxygens (including phenoxy) is 2. The third-order valence-corrected chi connectivity index (χ3v) is 5.25. The summed E-state index contributed by atoms with van der Waals surface area (Å²) in [5.74, 6) is 1.89. The molecule has 0 spiro atoms. The van der Waals surface area contributed by atoms with Crippen LogP contribution in [0, 0.1) is 0 Å². The minimum Gasteiger partial charge on any atom is -0.494 e. The minimum atomic E-state index is 0.795. The first-order chi connectivity index (χ1) is 15.3. The first kappa shape index (κ1) is 24.9. The zero-order valence-electron chi connectivity index (χ0n) is 19.6. The third kappa shape index (κ3) is 11.6. The summed E-state index contributed by atoms with van der Waals surface area (Å²) in [4.78, 5) is 0. The molecular formula is C27H42N2O2. The Balaban J connectivity index is 1.59. The highest BCUT2D eigenvalue weighted by Crippen LogP contribution is 2.18. The quantitative estimate of drug-likeness (QED) is 0.242. The molecule has 0 saturated heterocycles. The van der Waals surface area contributed by atoms with E-state index in [4.69, 9.17) is 9.47 Å². The highest BCUT2D eigenvalue weighted by atomic mass is 16.5. The number of hydrogen-bond donors (Lipinski definition) is 2. The van der Waals surface area contributed by atoms with Crippen molar-refractivity contribution >= 4 is 11.4 Å². The molecule has 0 aliphatic carbocycles. The smallest absolute Gasteiger partial charge is 0.121 e. The maximum Gasteiger partial charge on any atom is 0.121 e. The van der Waals surface area contributed by atoms with Gasteiger partial charge >= 0.3 is 0 Å². The highest BCUT2D eigenvalue weighted by Gasteiger charge is 1.99. The van der Waals surface area contributed by atoms with Gasteiger partial charge in [-0.05, 0) is 49.2 Å². The standard InChI is InChI=1S/C27H42N2O2/c1-3-5-7-9-11-21-30-26-17-15-24(16-18-26)28-19-20-29-25-13-12-14-27(23-25)31-22-10-8-6-4-2/h12-18,23,28-29H,3-11,19-22H2,1-2H3. The second-order valence-electron chi connectivity index (χ2n) is 8.08. The predicted octanol–water partition coefficient (Wildman–Crippen LogP) is 7.52. The molecule has 0 radical (unpaired) electrons. The molecule has 0 heterocycles. The molecule has 4 nitrogen and oxygen atoms in total. The van der Waals surface area contributed by atoms with Gasteiger partial charge in [0.2, 0.25) is 0 Å². The Morgan fingerprint density at radius 1 is 0.581 bits per heavy atom. The van der Waals surface area contributed by atoms with E-state index in [0.717, 1.165) is 62.0 Å². The van der Waals surface area contributed by atoms with Gasteiger partial charge in [0, 0.05) is 30.5 Å². The Kier molecular flexibility index (Phi) is 13.1. The van der Waals surface area contributed by atoms with Crippen molar-refractivity contribution < 1.29 is 9.47 Å². The summed E-state index contributed by atoms with van der Waals surface area (Å²) in [7, 11) is 0. The fraction of sp³-hybridized carbons (Fsp3) is 0.556. The molecule has 0 aliphatic rings. The van der Waals surface area contributed by atoms with Crippen molar-refractivity contribution in [3.63, 3.8) is 0 Å². The Labute approximate surface area is 189 Å². The largest absolute Gasteiger partial charge is 0.494 e. The van der Waals surface area contributed by atoms with E-state index >= 15 is 0 Å². The maximum atomic E-state index is 5.86. The van der Waals surface area contributed by atoms with E-state index in [1.165, 1.54) is 44.9 Å². The molecule has 31 heavy (non-hydrogen) atoms. The van der Waals surface area contributed by atoms with E-state index in [0.29, 0.717) is 0 Å². The molecule has 2 aromatic carbocycles. The zero-order chi connectivity index (χ0) is 22.0. The van der Waals surface area contributed by atoms with E-state index in [9.17, 15) is 0 Å². The van der Waals surface area contributed by atoms with Crippen LogP contribution in [0.15, 0.2) is 48.5 Å². The lowest BCUT2D eigenvalue weighted by atomic mass is 10.2. The molecule has 172 valence electrons. The van der Waals surface area contributed by atoms with Crippen LogP contribution < -0.4 is 20.1 Å². The first-order valence-corrected chi connectivity index (χ1v) is 12.2. The van der Waals surface area contributed by atoms with Crippen LogP contribution in [-0.4, -0.2) is 26.3 Å². The van der Waals surface area contributed by atoms with Crippen LogP contribution in [0.4, 0.5) is 11.4 Å². The second kappa shape index (κ2) is 16.3. The lowest BCUT2D eigenvalue weighted by molar-refractivity contribution is 0.304. The lowest BCUT2D eigenvalue weighted by Gasteiger charge is -2.12. The van der Waals surface area contributed by atoms with Crippen LogP contribution in [0.5, 0.6) is 11.5 Å². The third-order valence-electron chi connectivity index (χ3n) is 5.25. The van der Waals surface area contributed by atoms with Crippen molar-refractivity contribution in [3.8, 4) is 11.5 Å². The van der Waals surface area contributed by atoms with Crippen LogP contribution in [0.25, 0.3) is 0 Å². The zero-order valence-corrected chi connectivity index (χ0v) is 19.6. The Morgan fingerprint density at radius 3 is 1.84 bits per heavy atom. The molecule has 2 rings (SSSR count). The fourth-order valence-electron chi connectivity index (χ4n) is 3.39. The van der Waals surface area contributed by atoms with Crippen LogP contribution in [-0.2, 0) is 0 Å². The molecule has 0 unspecified atom stereocenters. The van der Waals surface area contributed by atoms with Gasteiger partial charge in [-0.1, -0.05) is 64.9 Å². The monoisotopic (exact) mass is 426 g/mol. The molecule has 4 heteroatoms. The van der Waals surface area contributed by atoms with Crippen molar-refractivity contribution in [1.29, 1.82) is 0 Å². The van der Waals surface area contributed by atoms with Gasteiger partial charge in [0.1, 0.15) is 11.5 Å². The average Bonchev–Trinajstić information content (AvgIpc) is 2.80. The molecule has 0 aromatic heterocycles. The fourth-order valence-corrected chi connectivity index (χ4v) is 3.39. The van der Waals surface area contributed by atoms with Crippen molar-refractivity contribution in [1.82, 2.24) is 0 Å². The van der Waals surface area contributed by atoms with E-state index in [2.05, 4.69) is 48.7 Å². The van der Waals surface area contributed by atoms with E-state index in [1.807, 2.05) is 24.3 Å². The van der Waals surface area contributed by atoms with Gasteiger partial charge in [0.05, 0.1) is 13.2 Å². The van der Waals surface area contributed by atoms with Gasteiger partial charge in [-0.15, -0.1) is 0 Å². The maximum absolute atomic E-state index is 5.86. The second-order valence-corrected chi connectivity index (χ2v) is 8.08. The van der Waals surface area contributed by atoms with Crippen LogP contribution in [0.2, 0.25) is 0 Å². The average molecular weight is 427 g/mol. The SMILES string of the molecule is CCCCCCCOc1ccc(NCCNc2cccc(OCCCCCC)c2)cc1. The van der Waals surface area contributed by atoms with E-state index < -0.39 is 0 Å². The summed E-state index contributed by atoms with van der Waals surface area (Å²) in [5, 5.41) is 6.91. The predicted molar refractivity (Wildman–Crippen MR) is 134 cm³/mol. The minimum absolute atomic E-state index is 0.795. The number of unbranched alkanes of at least 4 members (excludes halogenated alkanes) is 7. The number of anilines is 2. The van der Waals surface area contributed by atoms with E-state index in [-0.39, 0.29) is 0 Å². The number of benzene rings is 2. The molecule has 0 saturated carbocycles. The van der Waals surface area contributed by atoms with Gasteiger partial charge in [-0.3, -0.25) is 0 Å². The van der Waals surface area contributed by atoms with Crippen molar-refractivity contribution in [2.24, 2.45) is 0 Å². The molecule has 2 aromatic rings. The summed E-state index contributed by atoms with van der Waals surface area (Å²) in [5.41, 5.74) is 2.21. The number of nitrogens with one attached hydrogen (secondary N) is 2. The summed E-state index contributed by atoms with van der Waals surface area (Å²) in [6.45, 7) is 7.76. The van der Waals surface area contributed by atoms with Crippen molar-refractivity contribution in [2.45, 2.75) is 71.6 Å². The van der Waals surface area contributed by atoms with E-state index in [1.54, 1.807) is 0 Å². The highest BCUT2D eigenvalue weighted by molar-refractivity contribution is 5.49. The van der Waals surface area contributed by atoms with Crippen LogP contribution in [0.1, 0.15) is 71.6 Å². The summed E-state index contributed by atoms with van der Waals surface area (Å²) < 4.78 is 11.7. The molecule has 0 fully saturated rings. The molecular weight excluding hydrogens is 384 g/mol. The lowest BCUT2D eigenvalue weighted by Crippen LogP contribution is -2.13. The molecule has 0 amide bonds. The topological polar surface area (TPSA) is 42.5 Å². The Hall–Kier alpha value is -2.36. The van der Waals surface area contributed by atoms with Gasteiger partial charge in [-0.2, -0.15) is 0 Å². The van der Waals surface area contributed by atoms with Gasteiger partial charge in [0.15, 0.2) is 0 Å². The van der Waals surface area contributed by atoms with Gasteiger partial charge in [0.25, 0.3) is 0 Å². The van der Waals surface area contributed by atoms with Crippen molar-refractivity contribution in [3.05, 3.63) is 48.5 Å². The van der Waals surface area contributed by atoms with Gasteiger partial charge < -0.3 is 20.1 Å². The normalized spacial score (nSPS) is 10.6. The van der Waals surface area contributed by atoms with Crippen LogP contribution in [0.3, 0.4) is 0 Å². The Morgan fingerprint density at radius 2 is 1.16 bits per heavy atom. The van der Waals surface area contributed by atoms with Crippen LogP contribution >= 0.6 is 0 Å². The summed E-state index contributed by atoms with van der Waals surface area (Å²) in [6.07, 6.45) is 11.2. The number of hydrogen-bond acceptors (Lipinski definition) is 4. The first-order valence-electron chi connectivity index (χ1n) is 12.2. The molecule has 0 atom stereocenters. The number of rotatable bonds is 18.